The lowest BCUT2D eigenvalue weighted by molar-refractivity contribution is 0.0778. The Hall–Kier alpha value is -3.19. The van der Waals surface area contributed by atoms with Crippen molar-refractivity contribution >= 4 is 39.4 Å². The molecule has 2 aromatic heterocycles. The van der Waals surface area contributed by atoms with Gasteiger partial charge in [0.25, 0.3) is 5.91 Å². The maximum Gasteiger partial charge on any atom is 0.346 e. The van der Waals surface area contributed by atoms with Gasteiger partial charge in [-0.25, -0.2) is 9.78 Å². The average molecular weight is 368 g/mol. The van der Waals surface area contributed by atoms with Crippen molar-refractivity contribution in [1.29, 1.82) is 0 Å². The Kier molecular flexibility index (Phi) is 3.93. The van der Waals surface area contributed by atoms with Crippen LogP contribution in [0.5, 0.6) is 0 Å². The summed E-state index contributed by atoms with van der Waals surface area (Å²) in [6.07, 6.45) is 0. The highest BCUT2D eigenvalue weighted by molar-refractivity contribution is 6.31. The van der Waals surface area contributed by atoms with E-state index in [1.54, 1.807) is 43.4 Å². The molecule has 0 saturated carbocycles. The Morgan fingerprint density at radius 3 is 2.77 bits per heavy atom. The van der Waals surface area contributed by atoms with E-state index >= 15 is 0 Å². The molecule has 8 heteroatoms. The Labute approximate surface area is 152 Å². The van der Waals surface area contributed by atoms with Crippen LogP contribution < -0.4 is 5.69 Å². The van der Waals surface area contributed by atoms with E-state index in [-0.39, 0.29) is 18.1 Å². The fraction of sp³-hybridized carbons (Fsp3) is 0.111. The molecule has 0 bridgehead atoms. The van der Waals surface area contributed by atoms with E-state index in [2.05, 4.69) is 19.9 Å². The number of fused-ring (bicyclic) bond motifs is 2. The molecular weight excluding hydrogens is 354 g/mol. The van der Waals surface area contributed by atoms with Crippen LogP contribution in [-0.2, 0) is 6.54 Å². The summed E-state index contributed by atoms with van der Waals surface area (Å²) in [5.74, 6) is 0.262. The number of halogens is 1. The Morgan fingerprint density at radius 2 is 1.92 bits per heavy atom. The number of hydrogen-bond donors (Lipinski definition) is 2. The number of rotatable bonds is 3. The van der Waals surface area contributed by atoms with Crippen molar-refractivity contribution in [2.75, 3.05) is 7.05 Å². The first-order chi connectivity index (χ1) is 12.5. The van der Waals surface area contributed by atoms with Crippen LogP contribution >= 0.6 is 11.6 Å². The first-order valence-corrected chi connectivity index (χ1v) is 8.28. The van der Waals surface area contributed by atoms with Gasteiger partial charge in [0.2, 0.25) is 0 Å². The van der Waals surface area contributed by atoms with Crippen LogP contribution in [-0.4, -0.2) is 37.8 Å². The first kappa shape index (κ1) is 16.3. The summed E-state index contributed by atoms with van der Waals surface area (Å²) in [7, 11) is 1.64. The maximum absolute atomic E-state index is 12.8. The van der Waals surface area contributed by atoms with Gasteiger partial charge in [0.05, 0.1) is 23.1 Å². The number of para-hydroxylation sites is 1. The molecule has 0 aliphatic carbocycles. The van der Waals surface area contributed by atoms with E-state index in [9.17, 15) is 9.59 Å². The molecule has 2 N–H and O–H groups in total. The van der Waals surface area contributed by atoms with E-state index in [1.165, 1.54) is 4.90 Å². The van der Waals surface area contributed by atoms with Crippen molar-refractivity contribution in [2.24, 2.45) is 0 Å². The minimum absolute atomic E-state index is 0.117. The molecule has 0 radical (unpaired) electrons. The zero-order chi connectivity index (χ0) is 18.3. The van der Waals surface area contributed by atoms with Crippen LogP contribution in [0.2, 0.25) is 5.02 Å². The van der Waals surface area contributed by atoms with E-state index in [0.717, 1.165) is 11.0 Å². The number of imidazole rings is 1. The molecule has 130 valence electrons. The number of H-pyrrole nitrogens is 2. The van der Waals surface area contributed by atoms with Crippen molar-refractivity contribution in [2.45, 2.75) is 6.54 Å². The quantitative estimate of drug-likeness (QED) is 0.582. The Bertz CT molecular complexity index is 1200. The van der Waals surface area contributed by atoms with Gasteiger partial charge in [-0.05, 0) is 24.3 Å². The third-order valence-corrected chi connectivity index (χ3v) is 4.30. The summed E-state index contributed by atoms with van der Waals surface area (Å²) in [5.41, 5.74) is 1.70. The highest BCUT2D eigenvalue weighted by Gasteiger charge is 2.19. The molecule has 4 rings (SSSR count). The smallest absolute Gasteiger partial charge is 0.340 e. The van der Waals surface area contributed by atoms with Gasteiger partial charge in [-0.15, -0.1) is 0 Å². The Morgan fingerprint density at radius 1 is 1.12 bits per heavy atom. The highest BCUT2D eigenvalue weighted by atomic mass is 35.5. The number of nitrogens with zero attached hydrogens (tertiary/aromatic N) is 3. The molecule has 0 unspecified atom stereocenters. The van der Waals surface area contributed by atoms with Crippen molar-refractivity contribution in [3.05, 3.63) is 69.5 Å². The monoisotopic (exact) mass is 367 g/mol. The van der Waals surface area contributed by atoms with Gasteiger partial charge in [0.1, 0.15) is 11.5 Å². The van der Waals surface area contributed by atoms with Gasteiger partial charge >= 0.3 is 5.69 Å². The van der Waals surface area contributed by atoms with E-state index < -0.39 is 5.69 Å². The number of amides is 1. The van der Waals surface area contributed by atoms with E-state index in [4.69, 9.17) is 11.6 Å². The van der Waals surface area contributed by atoms with Gasteiger partial charge in [0.15, 0.2) is 0 Å². The molecule has 0 spiro atoms. The Balaban J connectivity index is 1.66. The largest absolute Gasteiger partial charge is 0.346 e. The molecule has 0 fully saturated rings. The molecule has 4 aromatic rings. The fourth-order valence-electron chi connectivity index (χ4n) is 2.85. The second-order valence-corrected chi connectivity index (χ2v) is 6.38. The topological polar surface area (TPSA) is 94.7 Å². The molecule has 7 nitrogen and oxygen atoms in total. The van der Waals surface area contributed by atoms with E-state index in [1.807, 2.05) is 6.07 Å². The standard InChI is InChI=1S/C18H14ClN5O2/c1-24(9-15-20-13-7-6-10(19)8-14(13)21-15)17(25)16-11-4-2-3-5-12(11)22-18(26)23-16/h2-8H,9H2,1H3,(H,20,21)(H,22,23,26). The number of hydrogen-bond acceptors (Lipinski definition) is 4. The second kappa shape index (κ2) is 6.27. The molecule has 0 aliphatic heterocycles. The number of carbonyl (C=O) groups excluding carboxylic acids is 1. The lowest BCUT2D eigenvalue weighted by Crippen LogP contribution is -2.30. The normalized spacial score (nSPS) is 11.2. The van der Waals surface area contributed by atoms with Crippen LogP contribution in [0, 0.1) is 0 Å². The van der Waals surface area contributed by atoms with Gasteiger partial charge < -0.3 is 14.9 Å². The molecule has 1 amide bonds. The number of nitrogens with one attached hydrogen (secondary N) is 2. The number of benzene rings is 2. The fourth-order valence-corrected chi connectivity index (χ4v) is 3.03. The minimum Gasteiger partial charge on any atom is -0.340 e. The summed E-state index contributed by atoms with van der Waals surface area (Å²) in [6, 6.07) is 12.4. The van der Waals surface area contributed by atoms with Gasteiger partial charge in [-0.1, -0.05) is 29.8 Å². The summed E-state index contributed by atoms with van der Waals surface area (Å²) in [4.78, 5) is 40.2. The van der Waals surface area contributed by atoms with Crippen LogP contribution in [0.3, 0.4) is 0 Å². The van der Waals surface area contributed by atoms with Crippen molar-refractivity contribution in [3.8, 4) is 0 Å². The number of aromatic amines is 2. The van der Waals surface area contributed by atoms with Crippen molar-refractivity contribution in [1.82, 2.24) is 24.8 Å². The molecular formula is C18H14ClN5O2. The lowest BCUT2D eigenvalue weighted by Gasteiger charge is -2.16. The van der Waals surface area contributed by atoms with Crippen LogP contribution in [0.4, 0.5) is 0 Å². The number of aromatic nitrogens is 4. The van der Waals surface area contributed by atoms with Crippen molar-refractivity contribution in [3.63, 3.8) is 0 Å². The highest BCUT2D eigenvalue weighted by Crippen LogP contribution is 2.19. The summed E-state index contributed by atoms with van der Waals surface area (Å²) in [6.45, 7) is 0.244. The predicted molar refractivity (Wildman–Crippen MR) is 99.3 cm³/mol. The average Bonchev–Trinajstić information content (AvgIpc) is 3.01. The number of carbonyl (C=O) groups is 1. The van der Waals surface area contributed by atoms with Gasteiger partial charge in [-0.3, -0.25) is 4.79 Å². The zero-order valence-corrected chi connectivity index (χ0v) is 14.5. The molecule has 0 atom stereocenters. The second-order valence-electron chi connectivity index (χ2n) is 5.94. The predicted octanol–water partition coefficient (Wildman–Crippen LogP) is 2.73. The van der Waals surface area contributed by atoms with Crippen LogP contribution in [0.15, 0.2) is 47.3 Å². The minimum atomic E-state index is -0.557. The molecule has 0 saturated heterocycles. The molecule has 26 heavy (non-hydrogen) atoms. The molecule has 0 aliphatic rings. The summed E-state index contributed by atoms with van der Waals surface area (Å²) in [5, 5.41) is 1.21. The third-order valence-electron chi connectivity index (χ3n) is 4.07. The zero-order valence-electron chi connectivity index (χ0n) is 13.8. The summed E-state index contributed by atoms with van der Waals surface area (Å²) < 4.78 is 0. The van der Waals surface area contributed by atoms with Crippen LogP contribution in [0.25, 0.3) is 21.9 Å². The first-order valence-electron chi connectivity index (χ1n) is 7.90. The van der Waals surface area contributed by atoms with Crippen molar-refractivity contribution < 1.29 is 4.79 Å². The lowest BCUT2D eigenvalue weighted by atomic mass is 10.1. The maximum atomic E-state index is 12.8. The SMILES string of the molecule is CN(Cc1nc2ccc(Cl)cc2[nH]1)C(=O)c1nc(=O)[nH]c2ccccc12. The third kappa shape index (κ3) is 2.93. The summed E-state index contributed by atoms with van der Waals surface area (Å²) >= 11 is 5.98. The molecule has 2 heterocycles. The van der Waals surface area contributed by atoms with E-state index in [0.29, 0.717) is 21.7 Å². The van der Waals surface area contributed by atoms with Gasteiger partial charge in [0, 0.05) is 17.5 Å². The molecule has 2 aromatic carbocycles. The van der Waals surface area contributed by atoms with Gasteiger partial charge in [-0.2, -0.15) is 4.98 Å². The van der Waals surface area contributed by atoms with Crippen LogP contribution in [0.1, 0.15) is 16.3 Å².